The Morgan fingerprint density at radius 1 is 1.07 bits per heavy atom. The van der Waals surface area contributed by atoms with Crippen LogP contribution >= 0.6 is 0 Å². The lowest BCUT2D eigenvalue weighted by Gasteiger charge is -2.23. The zero-order valence-electron chi connectivity index (χ0n) is 29.8. The van der Waals surface area contributed by atoms with Crippen molar-refractivity contribution >= 4 is 32.7 Å². The summed E-state index contributed by atoms with van der Waals surface area (Å²) < 4.78 is 102. The third-order valence-electron chi connectivity index (χ3n) is 8.67. The summed E-state index contributed by atoms with van der Waals surface area (Å²) >= 11 is 0. The van der Waals surface area contributed by atoms with Crippen LogP contribution in [0.4, 0.5) is 27.8 Å². The van der Waals surface area contributed by atoms with E-state index >= 15 is 8.78 Å². The maximum Gasteiger partial charge on any atom is 0.290 e. The number of aliphatic hydroxyl groups is 1. The average Bonchev–Trinajstić information content (AvgIpc) is 3.69. The number of para-hydroxylation sites is 1. The van der Waals surface area contributed by atoms with E-state index in [1.807, 2.05) is 0 Å². The van der Waals surface area contributed by atoms with Crippen LogP contribution in [0.2, 0.25) is 0 Å². The second kappa shape index (κ2) is 14.1. The fourth-order valence-corrected chi connectivity index (χ4v) is 7.13. The van der Waals surface area contributed by atoms with Crippen LogP contribution in [-0.4, -0.2) is 55.8 Å². The molecule has 0 spiro atoms. The molecule has 0 radical (unpaired) electrons. The zero-order chi connectivity index (χ0) is 39.3. The van der Waals surface area contributed by atoms with Crippen molar-refractivity contribution in [3.8, 4) is 23.0 Å². The summed E-state index contributed by atoms with van der Waals surface area (Å²) in [5, 5.41) is 21.9. The van der Waals surface area contributed by atoms with E-state index in [2.05, 4.69) is 32.1 Å². The normalized spacial score (nSPS) is 15.0. The van der Waals surface area contributed by atoms with Gasteiger partial charge in [0.1, 0.15) is 47.0 Å². The van der Waals surface area contributed by atoms with E-state index in [-0.39, 0.29) is 46.9 Å². The van der Waals surface area contributed by atoms with Gasteiger partial charge in [-0.1, -0.05) is 18.1 Å². The number of amides is 1. The lowest BCUT2D eigenvalue weighted by molar-refractivity contribution is -0.122. The molecule has 6 rings (SSSR count). The minimum absolute atomic E-state index is 0.0460. The smallest absolute Gasteiger partial charge is 0.290 e. The van der Waals surface area contributed by atoms with Gasteiger partial charge in [-0.3, -0.25) is 18.9 Å². The Labute approximate surface area is 307 Å². The van der Waals surface area contributed by atoms with Gasteiger partial charge in [-0.15, -0.1) is 0 Å². The van der Waals surface area contributed by atoms with Crippen LogP contribution in [-0.2, 0) is 47.2 Å². The molecule has 3 heterocycles. The van der Waals surface area contributed by atoms with Crippen LogP contribution < -0.4 is 10.0 Å². The topological polar surface area (TPSA) is 144 Å². The molecule has 0 aliphatic heterocycles. The second-order valence-corrected chi connectivity index (χ2v) is 15.5. The monoisotopic (exact) mass is 769 g/mol. The maximum absolute atomic E-state index is 15.0. The number of rotatable bonds is 10. The first-order valence-electron chi connectivity index (χ1n) is 16.8. The quantitative estimate of drug-likeness (QED) is 0.121. The van der Waals surface area contributed by atoms with E-state index in [4.69, 9.17) is 4.98 Å². The predicted octanol–water partition coefficient (Wildman–Crippen LogP) is 5.77. The molecular formula is C37H36F5N7O4S. The molecule has 1 amide bonds. The van der Waals surface area contributed by atoms with Crippen LogP contribution in [0.3, 0.4) is 0 Å². The van der Waals surface area contributed by atoms with Gasteiger partial charge in [-0.2, -0.15) is 19.0 Å². The molecule has 0 saturated heterocycles. The van der Waals surface area contributed by atoms with E-state index in [0.717, 1.165) is 23.1 Å². The first-order chi connectivity index (χ1) is 25.2. The summed E-state index contributed by atoms with van der Waals surface area (Å²) in [6.45, 7) is 3.35. The largest absolute Gasteiger partial charge is 0.378 e. The number of carbonyl (C=O) groups excluding carboxylic acids is 1. The van der Waals surface area contributed by atoms with Crippen molar-refractivity contribution in [3.05, 3.63) is 94.1 Å². The van der Waals surface area contributed by atoms with Gasteiger partial charge in [-0.05, 0) is 75.4 Å². The molecular weight excluding hydrogens is 734 g/mol. The van der Waals surface area contributed by atoms with E-state index in [9.17, 15) is 31.5 Å². The Bertz CT molecular complexity index is 2440. The van der Waals surface area contributed by atoms with Crippen molar-refractivity contribution in [3.63, 3.8) is 0 Å². The van der Waals surface area contributed by atoms with Gasteiger partial charge in [-0.25, -0.2) is 26.6 Å². The van der Waals surface area contributed by atoms with Crippen molar-refractivity contribution in [1.29, 1.82) is 0 Å². The SMILES string of the molecule is CC(F)c1nn(CC(=O)N[C@@H](Cc2cc(F)cc(F)c2)c2nc(C#CC(C)(C)O)ccc2-c2cccc3c(NS(C)(=O)=O)nn(C)c23)c2c1CCC2(F)F. The molecule has 1 aliphatic carbocycles. The predicted molar refractivity (Wildman–Crippen MR) is 190 cm³/mol. The number of sulfonamides is 1. The molecule has 2 atom stereocenters. The molecule has 0 fully saturated rings. The van der Waals surface area contributed by atoms with Crippen molar-refractivity contribution < 1.29 is 40.3 Å². The summed E-state index contributed by atoms with van der Waals surface area (Å²) in [7, 11) is -2.14. The van der Waals surface area contributed by atoms with Gasteiger partial charge in [0.05, 0.1) is 23.5 Å². The minimum atomic E-state index is -3.73. The second-order valence-electron chi connectivity index (χ2n) is 13.8. The first kappa shape index (κ1) is 38.4. The van der Waals surface area contributed by atoms with Crippen LogP contribution in [0.1, 0.15) is 73.3 Å². The molecule has 11 nitrogen and oxygen atoms in total. The standard InChI is InChI=1S/C37H36F5N7O4S/c1-20(38)31-27-12-14-37(41,42)34(27)49(45-31)19-30(50)44-29(17-21-15-22(39)18-23(40)16-21)32-25(10-9-24(43-32)11-13-36(2,3)51)26-7-6-8-28-33(26)48(4)46-35(28)47-54(5,52)53/h6-10,15-16,18,20,29,51H,12,14,17,19H2,1-5H3,(H,44,50)(H,46,47)/t20?,29-/m0/s1. The number of carbonyl (C=O) groups is 1. The third kappa shape index (κ3) is 8.24. The number of aromatic nitrogens is 5. The molecule has 284 valence electrons. The van der Waals surface area contributed by atoms with Gasteiger partial charge in [0.2, 0.25) is 15.9 Å². The lowest BCUT2D eigenvalue weighted by atomic mass is 9.93. The molecule has 0 bridgehead atoms. The summed E-state index contributed by atoms with van der Waals surface area (Å²) in [4.78, 5) is 18.6. The Hall–Kier alpha value is -5.34. The van der Waals surface area contributed by atoms with Crippen LogP contribution in [0.15, 0.2) is 48.5 Å². The van der Waals surface area contributed by atoms with Crippen molar-refractivity contribution in [2.24, 2.45) is 7.05 Å². The van der Waals surface area contributed by atoms with E-state index in [1.165, 1.54) is 25.5 Å². The summed E-state index contributed by atoms with van der Waals surface area (Å²) in [6, 6.07) is 9.79. The fraction of sp³-hybridized carbons (Fsp3) is 0.351. The molecule has 3 aromatic heterocycles. The molecule has 5 aromatic rings. The summed E-state index contributed by atoms with van der Waals surface area (Å²) in [6.07, 6.45) is -1.64. The van der Waals surface area contributed by atoms with E-state index in [1.54, 1.807) is 37.4 Å². The lowest BCUT2D eigenvalue weighted by Crippen LogP contribution is -2.35. The van der Waals surface area contributed by atoms with Gasteiger partial charge < -0.3 is 10.4 Å². The molecule has 1 aliphatic rings. The minimum Gasteiger partial charge on any atom is -0.378 e. The molecule has 54 heavy (non-hydrogen) atoms. The number of anilines is 1. The van der Waals surface area contributed by atoms with Gasteiger partial charge in [0.15, 0.2) is 5.82 Å². The highest BCUT2D eigenvalue weighted by Crippen LogP contribution is 2.44. The number of alkyl halides is 3. The number of halogens is 5. The molecule has 1 unspecified atom stereocenters. The Balaban J connectivity index is 1.52. The van der Waals surface area contributed by atoms with E-state index in [0.29, 0.717) is 28.1 Å². The highest BCUT2D eigenvalue weighted by molar-refractivity contribution is 7.92. The third-order valence-corrected chi connectivity index (χ3v) is 9.24. The number of fused-ring (bicyclic) bond motifs is 2. The van der Waals surface area contributed by atoms with Gasteiger partial charge in [0, 0.05) is 41.6 Å². The molecule has 17 heteroatoms. The van der Waals surface area contributed by atoms with Crippen molar-refractivity contribution in [2.75, 3.05) is 11.0 Å². The number of nitrogens with zero attached hydrogens (tertiary/aromatic N) is 5. The van der Waals surface area contributed by atoms with Gasteiger partial charge >= 0.3 is 0 Å². The zero-order valence-corrected chi connectivity index (χ0v) is 30.6. The number of benzene rings is 2. The summed E-state index contributed by atoms with van der Waals surface area (Å²) in [5.41, 5.74) is -0.455. The van der Waals surface area contributed by atoms with Crippen LogP contribution in [0.5, 0.6) is 0 Å². The molecule has 0 saturated carbocycles. The highest BCUT2D eigenvalue weighted by atomic mass is 32.2. The van der Waals surface area contributed by atoms with Crippen LogP contribution in [0.25, 0.3) is 22.0 Å². The van der Waals surface area contributed by atoms with E-state index < -0.39 is 70.0 Å². The summed E-state index contributed by atoms with van der Waals surface area (Å²) in [5.74, 6) is -0.470. The fourth-order valence-electron chi connectivity index (χ4n) is 6.62. The Kier molecular flexibility index (Phi) is 10.1. The van der Waals surface area contributed by atoms with Gasteiger partial charge in [0.25, 0.3) is 5.92 Å². The number of hydrogen-bond donors (Lipinski definition) is 3. The first-order valence-corrected chi connectivity index (χ1v) is 18.6. The van der Waals surface area contributed by atoms with Crippen molar-refractivity contribution in [1.82, 2.24) is 29.9 Å². The number of nitrogens with one attached hydrogen (secondary N) is 2. The molecule has 3 N–H and O–H groups in total. The molecule has 2 aromatic carbocycles. The highest BCUT2D eigenvalue weighted by Gasteiger charge is 2.46. The number of pyridine rings is 1. The van der Waals surface area contributed by atoms with Crippen molar-refractivity contribution in [2.45, 2.75) is 70.3 Å². The average molecular weight is 770 g/mol. The Morgan fingerprint density at radius 3 is 2.43 bits per heavy atom. The maximum atomic E-state index is 15.0. The Morgan fingerprint density at radius 2 is 1.78 bits per heavy atom. The number of hydrogen-bond acceptors (Lipinski definition) is 7. The van der Waals surface area contributed by atoms with Crippen LogP contribution in [0, 0.1) is 23.5 Å². The number of aryl methyl sites for hydroxylation is 1.